The van der Waals surface area contributed by atoms with Gasteiger partial charge in [-0.05, 0) is 24.3 Å². The predicted octanol–water partition coefficient (Wildman–Crippen LogP) is 2.87. The van der Waals surface area contributed by atoms with Gasteiger partial charge >= 0.3 is 0 Å². The monoisotopic (exact) mass is 254 g/mol. The van der Waals surface area contributed by atoms with E-state index in [9.17, 15) is 4.79 Å². The van der Waals surface area contributed by atoms with E-state index in [1.807, 2.05) is 30.3 Å². The fourth-order valence-electron chi connectivity index (χ4n) is 1.04. The molecule has 0 radical (unpaired) electrons. The number of hydrogen-bond acceptors (Lipinski definition) is 3. The second-order valence-corrected chi connectivity index (χ2v) is 4.73. The molecule has 5 heteroatoms. The molecule has 16 heavy (non-hydrogen) atoms. The van der Waals surface area contributed by atoms with E-state index in [0.29, 0.717) is 5.75 Å². The summed E-state index contributed by atoms with van der Waals surface area (Å²) in [7, 11) is 0. The van der Waals surface area contributed by atoms with Gasteiger partial charge in [-0.25, -0.2) is 0 Å². The number of amides is 1. The van der Waals surface area contributed by atoms with Gasteiger partial charge in [-0.1, -0.05) is 0 Å². The van der Waals surface area contributed by atoms with Crippen LogP contribution in [-0.4, -0.2) is 17.0 Å². The van der Waals surface area contributed by atoms with Gasteiger partial charge in [0.05, 0.1) is 6.07 Å². The van der Waals surface area contributed by atoms with Crippen molar-refractivity contribution in [2.24, 2.45) is 0 Å². The highest BCUT2D eigenvalue weighted by Gasteiger charge is 2.03. The Morgan fingerprint density at radius 2 is 2.19 bits per heavy atom. The molecule has 0 spiro atoms. The van der Waals surface area contributed by atoms with Crippen molar-refractivity contribution in [1.82, 2.24) is 0 Å². The zero-order chi connectivity index (χ0) is 12.0. The van der Waals surface area contributed by atoms with Gasteiger partial charge in [-0.3, -0.25) is 4.79 Å². The Balaban J connectivity index is 2.52. The quantitative estimate of drug-likeness (QED) is 0.664. The van der Waals surface area contributed by atoms with Crippen LogP contribution in [0.1, 0.15) is 6.92 Å². The highest BCUT2D eigenvalue weighted by atomic mass is 35.5. The number of thioether (sulfide) groups is 1. The van der Waals surface area contributed by atoms with Gasteiger partial charge in [0.1, 0.15) is 5.38 Å². The SMILES string of the molecule is CC(=O)Nc1ccc(SCC(Cl)C#N)cc1. The van der Waals surface area contributed by atoms with Crippen molar-refractivity contribution in [3.05, 3.63) is 24.3 Å². The Morgan fingerprint density at radius 1 is 1.56 bits per heavy atom. The van der Waals surface area contributed by atoms with Crippen LogP contribution in [-0.2, 0) is 4.79 Å². The topological polar surface area (TPSA) is 52.9 Å². The number of carbonyl (C=O) groups is 1. The molecule has 1 atom stereocenters. The molecule has 0 bridgehead atoms. The number of halogens is 1. The number of alkyl halides is 1. The molecule has 1 N–H and O–H groups in total. The van der Waals surface area contributed by atoms with Crippen LogP contribution in [0.4, 0.5) is 5.69 Å². The summed E-state index contributed by atoms with van der Waals surface area (Å²) in [5, 5.41) is 10.7. The molecule has 0 saturated heterocycles. The van der Waals surface area contributed by atoms with Crippen LogP contribution in [0, 0.1) is 11.3 Å². The number of rotatable bonds is 4. The third kappa shape index (κ3) is 4.56. The number of nitriles is 1. The van der Waals surface area contributed by atoms with Gasteiger partial charge in [0, 0.05) is 23.3 Å². The first-order valence-electron chi connectivity index (χ1n) is 4.66. The molecule has 1 aromatic rings. The van der Waals surface area contributed by atoms with E-state index in [1.165, 1.54) is 18.7 Å². The van der Waals surface area contributed by atoms with E-state index in [1.54, 1.807) is 0 Å². The predicted molar refractivity (Wildman–Crippen MR) is 66.7 cm³/mol. The minimum absolute atomic E-state index is 0.0919. The molecule has 1 unspecified atom stereocenters. The Kier molecular flexibility index (Phi) is 5.17. The van der Waals surface area contributed by atoms with Gasteiger partial charge in [0.25, 0.3) is 0 Å². The van der Waals surface area contributed by atoms with Crippen molar-refractivity contribution in [2.75, 3.05) is 11.1 Å². The first kappa shape index (κ1) is 12.9. The molecule has 0 aliphatic rings. The van der Waals surface area contributed by atoms with Crippen LogP contribution in [0.3, 0.4) is 0 Å². The molecule has 0 aliphatic carbocycles. The standard InChI is InChI=1S/C11H11ClN2OS/c1-8(15)14-10-2-4-11(5-3-10)16-7-9(12)6-13/h2-5,9H,7H2,1H3,(H,14,15). The molecule has 0 saturated carbocycles. The smallest absolute Gasteiger partial charge is 0.221 e. The zero-order valence-electron chi connectivity index (χ0n) is 8.74. The Labute approximate surface area is 104 Å². The molecule has 84 valence electrons. The van der Waals surface area contributed by atoms with Crippen molar-refractivity contribution < 1.29 is 4.79 Å². The number of nitrogens with zero attached hydrogens (tertiary/aromatic N) is 1. The van der Waals surface area contributed by atoms with Crippen molar-refractivity contribution in [3.8, 4) is 6.07 Å². The average molecular weight is 255 g/mol. The summed E-state index contributed by atoms with van der Waals surface area (Å²) in [6.07, 6.45) is 0. The summed E-state index contributed by atoms with van der Waals surface area (Å²) in [4.78, 5) is 11.8. The molecule has 0 fully saturated rings. The van der Waals surface area contributed by atoms with E-state index < -0.39 is 5.38 Å². The molecular weight excluding hydrogens is 244 g/mol. The second-order valence-electron chi connectivity index (χ2n) is 3.11. The van der Waals surface area contributed by atoms with Gasteiger partial charge in [-0.2, -0.15) is 5.26 Å². The largest absolute Gasteiger partial charge is 0.326 e. The summed E-state index contributed by atoms with van der Waals surface area (Å²) in [6, 6.07) is 9.37. The second kappa shape index (κ2) is 6.41. The van der Waals surface area contributed by atoms with Gasteiger partial charge in [0.15, 0.2) is 0 Å². The van der Waals surface area contributed by atoms with E-state index in [2.05, 4.69) is 5.32 Å². The van der Waals surface area contributed by atoms with Crippen molar-refractivity contribution in [2.45, 2.75) is 17.2 Å². The zero-order valence-corrected chi connectivity index (χ0v) is 10.3. The number of hydrogen-bond donors (Lipinski definition) is 1. The number of carbonyl (C=O) groups excluding carboxylic acids is 1. The number of nitrogens with one attached hydrogen (secondary N) is 1. The lowest BCUT2D eigenvalue weighted by Gasteiger charge is -2.04. The van der Waals surface area contributed by atoms with Gasteiger partial charge < -0.3 is 5.32 Å². The van der Waals surface area contributed by atoms with Crippen LogP contribution >= 0.6 is 23.4 Å². The van der Waals surface area contributed by atoms with E-state index >= 15 is 0 Å². The van der Waals surface area contributed by atoms with Crippen LogP contribution in [0.25, 0.3) is 0 Å². The van der Waals surface area contributed by atoms with Crippen molar-refractivity contribution >= 4 is 35.0 Å². The molecule has 0 aromatic heterocycles. The minimum atomic E-state index is -0.472. The Hall–Kier alpha value is -1.18. The van der Waals surface area contributed by atoms with Gasteiger partial charge in [-0.15, -0.1) is 23.4 Å². The summed E-state index contributed by atoms with van der Waals surface area (Å²) >= 11 is 7.19. The normalized spacial score (nSPS) is 11.6. The summed E-state index contributed by atoms with van der Waals surface area (Å²) in [6.45, 7) is 1.47. The van der Waals surface area contributed by atoms with Crippen LogP contribution in [0.2, 0.25) is 0 Å². The van der Waals surface area contributed by atoms with Crippen LogP contribution < -0.4 is 5.32 Å². The lowest BCUT2D eigenvalue weighted by molar-refractivity contribution is -0.114. The number of anilines is 1. The molecule has 0 aliphatic heterocycles. The highest BCUT2D eigenvalue weighted by molar-refractivity contribution is 7.99. The van der Waals surface area contributed by atoms with E-state index in [4.69, 9.17) is 16.9 Å². The van der Waals surface area contributed by atoms with Crippen molar-refractivity contribution in [1.29, 1.82) is 5.26 Å². The maximum absolute atomic E-state index is 10.8. The molecule has 1 amide bonds. The van der Waals surface area contributed by atoms with Crippen LogP contribution in [0.15, 0.2) is 29.2 Å². The molecule has 1 aromatic carbocycles. The van der Waals surface area contributed by atoms with E-state index in [0.717, 1.165) is 10.6 Å². The fraction of sp³-hybridized carbons (Fsp3) is 0.273. The molecule has 1 rings (SSSR count). The fourth-order valence-corrected chi connectivity index (χ4v) is 1.98. The highest BCUT2D eigenvalue weighted by Crippen LogP contribution is 2.22. The Morgan fingerprint density at radius 3 is 2.69 bits per heavy atom. The molecular formula is C11H11ClN2OS. The Bertz CT molecular complexity index is 399. The molecule has 0 heterocycles. The minimum Gasteiger partial charge on any atom is -0.326 e. The van der Waals surface area contributed by atoms with E-state index in [-0.39, 0.29) is 5.91 Å². The molecule has 3 nitrogen and oxygen atoms in total. The summed E-state index contributed by atoms with van der Waals surface area (Å²) in [5.74, 6) is 0.461. The first-order chi connectivity index (χ1) is 7.61. The van der Waals surface area contributed by atoms with Gasteiger partial charge in [0.2, 0.25) is 5.91 Å². The average Bonchev–Trinajstić information content (AvgIpc) is 2.27. The maximum atomic E-state index is 10.8. The first-order valence-corrected chi connectivity index (χ1v) is 6.08. The lowest BCUT2D eigenvalue weighted by Crippen LogP contribution is -2.05. The summed E-state index contributed by atoms with van der Waals surface area (Å²) in [5.41, 5.74) is 0.763. The third-order valence-corrected chi connectivity index (χ3v) is 3.25. The third-order valence-electron chi connectivity index (χ3n) is 1.71. The summed E-state index contributed by atoms with van der Waals surface area (Å²) < 4.78 is 0. The van der Waals surface area contributed by atoms with Crippen LogP contribution in [0.5, 0.6) is 0 Å². The lowest BCUT2D eigenvalue weighted by atomic mass is 10.3. The number of benzene rings is 1. The maximum Gasteiger partial charge on any atom is 0.221 e. The van der Waals surface area contributed by atoms with Crippen molar-refractivity contribution in [3.63, 3.8) is 0 Å².